The quantitative estimate of drug-likeness (QED) is 0.838. The van der Waals surface area contributed by atoms with Gasteiger partial charge in [0.1, 0.15) is 0 Å². The number of aliphatic hydroxyl groups is 1. The monoisotopic (exact) mass is 325 g/mol. The van der Waals surface area contributed by atoms with Crippen LogP contribution in [-0.2, 0) is 10.0 Å². The van der Waals surface area contributed by atoms with E-state index in [9.17, 15) is 8.42 Å². The molecule has 0 aliphatic heterocycles. The van der Waals surface area contributed by atoms with Gasteiger partial charge < -0.3 is 5.11 Å². The maximum atomic E-state index is 12.4. The SMILES string of the molecule is CCCCN(CCO)S(=O)(=O)c1cc(Cl)cc(Cl)c1. The van der Waals surface area contributed by atoms with E-state index < -0.39 is 10.0 Å². The maximum absolute atomic E-state index is 12.4. The van der Waals surface area contributed by atoms with Gasteiger partial charge in [0.15, 0.2) is 0 Å². The number of hydrogen-bond acceptors (Lipinski definition) is 3. The molecule has 0 radical (unpaired) electrons. The Bertz CT molecular complexity index is 499. The summed E-state index contributed by atoms with van der Waals surface area (Å²) in [5.74, 6) is 0. The van der Waals surface area contributed by atoms with Crippen molar-refractivity contribution in [2.45, 2.75) is 24.7 Å². The van der Waals surface area contributed by atoms with Crippen molar-refractivity contribution in [1.29, 1.82) is 0 Å². The van der Waals surface area contributed by atoms with Gasteiger partial charge in [0.05, 0.1) is 11.5 Å². The molecule has 0 saturated carbocycles. The van der Waals surface area contributed by atoms with E-state index in [1.165, 1.54) is 22.5 Å². The molecular weight excluding hydrogens is 309 g/mol. The summed E-state index contributed by atoms with van der Waals surface area (Å²) in [6, 6.07) is 4.20. The minimum Gasteiger partial charge on any atom is -0.395 e. The van der Waals surface area contributed by atoms with E-state index in [0.29, 0.717) is 6.54 Å². The highest BCUT2D eigenvalue weighted by atomic mass is 35.5. The Kier molecular flexibility index (Phi) is 6.56. The van der Waals surface area contributed by atoms with Crippen molar-refractivity contribution in [3.63, 3.8) is 0 Å². The topological polar surface area (TPSA) is 57.6 Å². The first kappa shape index (κ1) is 16.7. The first-order chi connectivity index (χ1) is 8.91. The smallest absolute Gasteiger partial charge is 0.243 e. The van der Waals surface area contributed by atoms with Gasteiger partial charge in [0.25, 0.3) is 0 Å². The van der Waals surface area contributed by atoms with Gasteiger partial charge in [-0.05, 0) is 24.6 Å². The molecule has 0 amide bonds. The molecule has 108 valence electrons. The van der Waals surface area contributed by atoms with Crippen molar-refractivity contribution in [2.24, 2.45) is 0 Å². The molecule has 0 aliphatic carbocycles. The molecule has 0 fully saturated rings. The van der Waals surface area contributed by atoms with Crippen LogP contribution >= 0.6 is 23.2 Å². The molecule has 1 aromatic rings. The van der Waals surface area contributed by atoms with E-state index in [0.717, 1.165) is 12.8 Å². The van der Waals surface area contributed by atoms with Gasteiger partial charge >= 0.3 is 0 Å². The zero-order valence-electron chi connectivity index (χ0n) is 10.6. The molecule has 1 N–H and O–H groups in total. The van der Waals surface area contributed by atoms with E-state index in [-0.39, 0.29) is 28.1 Å². The Hall–Kier alpha value is -0.330. The van der Waals surface area contributed by atoms with Crippen LogP contribution in [-0.4, -0.2) is 37.5 Å². The second-order valence-electron chi connectivity index (χ2n) is 4.09. The fourth-order valence-electron chi connectivity index (χ4n) is 1.62. The second-order valence-corrected chi connectivity index (χ2v) is 6.90. The summed E-state index contributed by atoms with van der Waals surface area (Å²) in [6.45, 7) is 2.17. The summed E-state index contributed by atoms with van der Waals surface area (Å²) in [6.07, 6.45) is 1.60. The van der Waals surface area contributed by atoms with Gasteiger partial charge in [-0.15, -0.1) is 0 Å². The lowest BCUT2D eigenvalue weighted by Gasteiger charge is -2.21. The second kappa shape index (κ2) is 7.45. The lowest BCUT2D eigenvalue weighted by atomic mass is 10.3. The van der Waals surface area contributed by atoms with Crippen LogP contribution in [0.5, 0.6) is 0 Å². The summed E-state index contributed by atoms with van der Waals surface area (Å²) in [5.41, 5.74) is 0. The molecule has 1 aromatic carbocycles. The number of benzene rings is 1. The first-order valence-corrected chi connectivity index (χ1v) is 8.18. The molecule has 7 heteroatoms. The largest absolute Gasteiger partial charge is 0.395 e. The van der Waals surface area contributed by atoms with Gasteiger partial charge in [0, 0.05) is 23.1 Å². The highest BCUT2D eigenvalue weighted by Gasteiger charge is 2.24. The highest BCUT2D eigenvalue weighted by molar-refractivity contribution is 7.89. The summed E-state index contributed by atoms with van der Waals surface area (Å²) >= 11 is 11.7. The normalized spacial score (nSPS) is 12.1. The van der Waals surface area contributed by atoms with Crippen molar-refractivity contribution in [3.8, 4) is 0 Å². The van der Waals surface area contributed by atoms with E-state index in [1.807, 2.05) is 6.92 Å². The number of halogens is 2. The first-order valence-electron chi connectivity index (χ1n) is 5.99. The summed E-state index contributed by atoms with van der Waals surface area (Å²) in [5, 5.41) is 9.54. The number of hydrogen-bond donors (Lipinski definition) is 1. The van der Waals surface area contributed by atoms with Crippen LogP contribution in [0.2, 0.25) is 10.0 Å². The van der Waals surface area contributed by atoms with Gasteiger partial charge in [-0.3, -0.25) is 0 Å². The molecule has 0 atom stereocenters. The Morgan fingerprint density at radius 3 is 2.21 bits per heavy atom. The lowest BCUT2D eigenvalue weighted by molar-refractivity contribution is 0.252. The van der Waals surface area contributed by atoms with E-state index >= 15 is 0 Å². The van der Waals surface area contributed by atoms with Crippen LogP contribution in [0, 0.1) is 0 Å². The Labute approximate surface area is 124 Å². The van der Waals surface area contributed by atoms with E-state index in [4.69, 9.17) is 28.3 Å². The summed E-state index contributed by atoms with van der Waals surface area (Å²) < 4.78 is 26.1. The average molecular weight is 326 g/mol. The minimum absolute atomic E-state index is 0.0505. The fraction of sp³-hybridized carbons (Fsp3) is 0.500. The van der Waals surface area contributed by atoms with Crippen LogP contribution in [0.15, 0.2) is 23.1 Å². The number of sulfonamides is 1. The van der Waals surface area contributed by atoms with Gasteiger partial charge in [-0.1, -0.05) is 36.5 Å². The zero-order chi connectivity index (χ0) is 14.5. The lowest BCUT2D eigenvalue weighted by Crippen LogP contribution is -2.34. The molecule has 1 rings (SSSR count). The molecule has 4 nitrogen and oxygen atoms in total. The molecule has 0 saturated heterocycles. The standard InChI is InChI=1S/C12H17Cl2NO3S/c1-2-3-4-15(5-6-16)19(17,18)12-8-10(13)7-11(14)9-12/h7-9,16H,2-6H2,1H3. The molecule has 19 heavy (non-hydrogen) atoms. The van der Waals surface area contributed by atoms with Crippen LogP contribution in [0.3, 0.4) is 0 Å². The maximum Gasteiger partial charge on any atom is 0.243 e. The molecule has 0 heterocycles. The van der Waals surface area contributed by atoms with Crippen molar-refractivity contribution >= 4 is 33.2 Å². The molecular formula is C12H17Cl2NO3S. The molecule has 0 aliphatic rings. The molecule has 0 unspecified atom stereocenters. The number of unbranched alkanes of at least 4 members (excludes halogenated alkanes) is 1. The Morgan fingerprint density at radius 2 is 1.74 bits per heavy atom. The van der Waals surface area contributed by atoms with Crippen molar-refractivity contribution in [3.05, 3.63) is 28.2 Å². The predicted molar refractivity (Wildman–Crippen MR) is 77.2 cm³/mol. The summed E-state index contributed by atoms with van der Waals surface area (Å²) in [7, 11) is -3.68. The third-order valence-electron chi connectivity index (χ3n) is 2.58. The van der Waals surface area contributed by atoms with Crippen molar-refractivity contribution < 1.29 is 13.5 Å². The molecule has 0 spiro atoms. The molecule has 0 aromatic heterocycles. The van der Waals surface area contributed by atoms with Crippen LogP contribution < -0.4 is 0 Å². The Morgan fingerprint density at radius 1 is 1.16 bits per heavy atom. The van der Waals surface area contributed by atoms with E-state index in [1.54, 1.807) is 0 Å². The van der Waals surface area contributed by atoms with Crippen molar-refractivity contribution in [1.82, 2.24) is 4.31 Å². The molecule has 0 bridgehead atoms. The van der Waals surface area contributed by atoms with Gasteiger partial charge in [-0.2, -0.15) is 4.31 Å². The number of nitrogens with zero attached hydrogens (tertiary/aromatic N) is 1. The third-order valence-corrected chi connectivity index (χ3v) is 4.90. The minimum atomic E-state index is -3.68. The highest BCUT2D eigenvalue weighted by Crippen LogP contribution is 2.24. The zero-order valence-corrected chi connectivity index (χ0v) is 13.0. The number of rotatable bonds is 7. The van der Waals surface area contributed by atoms with E-state index in [2.05, 4.69) is 0 Å². The van der Waals surface area contributed by atoms with Crippen molar-refractivity contribution in [2.75, 3.05) is 19.7 Å². The fourth-order valence-corrected chi connectivity index (χ4v) is 3.82. The van der Waals surface area contributed by atoms with Gasteiger partial charge in [0.2, 0.25) is 10.0 Å². The van der Waals surface area contributed by atoms with Crippen LogP contribution in [0.4, 0.5) is 0 Å². The van der Waals surface area contributed by atoms with Crippen LogP contribution in [0.25, 0.3) is 0 Å². The third kappa shape index (κ3) is 4.61. The van der Waals surface area contributed by atoms with Crippen LogP contribution in [0.1, 0.15) is 19.8 Å². The van der Waals surface area contributed by atoms with Gasteiger partial charge in [-0.25, -0.2) is 8.42 Å². The Balaban J connectivity index is 3.10. The predicted octanol–water partition coefficient (Wildman–Crippen LogP) is 2.78. The average Bonchev–Trinajstić information content (AvgIpc) is 2.33. The number of aliphatic hydroxyl groups excluding tert-OH is 1. The summed E-state index contributed by atoms with van der Waals surface area (Å²) in [4.78, 5) is 0.0505.